The van der Waals surface area contributed by atoms with Crippen LogP contribution in [0.2, 0.25) is 0 Å². The number of fused-ring (bicyclic) bond motifs is 5. The second-order valence-corrected chi connectivity index (χ2v) is 10.2. The molecule has 8 heteroatoms. The van der Waals surface area contributed by atoms with E-state index < -0.39 is 5.54 Å². The third-order valence-electron chi connectivity index (χ3n) is 8.00. The molecule has 2 aliphatic heterocycles. The number of amides is 2. The summed E-state index contributed by atoms with van der Waals surface area (Å²) in [6.07, 6.45) is 0. The predicted octanol–water partition coefficient (Wildman–Crippen LogP) is 4.95. The molecule has 39 heavy (non-hydrogen) atoms. The number of nitrogens with zero attached hydrogens (tertiary/aromatic N) is 2. The van der Waals surface area contributed by atoms with Gasteiger partial charge in [0, 0.05) is 35.5 Å². The number of benzene rings is 3. The van der Waals surface area contributed by atoms with Crippen LogP contribution in [0, 0.1) is 5.82 Å². The summed E-state index contributed by atoms with van der Waals surface area (Å²) in [5, 5.41) is 1.000. The third-order valence-corrected chi connectivity index (χ3v) is 8.00. The minimum Gasteiger partial charge on any atom is -0.493 e. The van der Waals surface area contributed by atoms with Gasteiger partial charge < -0.3 is 24.3 Å². The van der Waals surface area contributed by atoms with Gasteiger partial charge in [-0.2, -0.15) is 0 Å². The van der Waals surface area contributed by atoms with Gasteiger partial charge in [0.25, 0.3) is 5.91 Å². The number of nitrogens with one attached hydrogen (secondary N) is 1. The lowest BCUT2D eigenvalue weighted by Crippen LogP contribution is -2.67. The molecular weight excluding hydrogens is 497 g/mol. The summed E-state index contributed by atoms with van der Waals surface area (Å²) in [6.45, 7) is 4.69. The zero-order valence-electron chi connectivity index (χ0n) is 22.2. The van der Waals surface area contributed by atoms with Crippen LogP contribution >= 0.6 is 0 Å². The summed E-state index contributed by atoms with van der Waals surface area (Å²) >= 11 is 0. The number of hydrogen-bond donors (Lipinski definition) is 1. The maximum Gasteiger partial charge on any atom is 0.255 e. The Morgan fingerprint density at radius 1 is 1.05 bits per heavy atom. The van der Waals surface area contributed by atoms with Crippen molar-refractivity contribution < 1.29 is 23.5 Å². The van der Waals surface area contributed by atoms with Crippen molar-refractivity contribution in [2.45, 2.75) is 31.8 Å². The predicted molar refractivity (Wildman–Crippen MR) is 145 cm³/mol. The van der Waals surface area contributed by atoms with Crippen LogP contribution in [0.15, 0.2) is 66.7 Å². The van der Waals surface area contributed by atoms with Crippen molar-refractivity contribution in [3.63, 3.8) is 0 Å². The van der Waals surface area contributed by atoms with E-state index in [1.165, 1.54) is 12.1 Å². The number of methoxy groups -OCH3 is 1. The van der Waals surface area contributed by atoms with Crippen LogP contribution in [0.4, 0.5) is 4.39 Å². The zero-order chi connectivity index (χ0) is 27.3. The van der Waals surface area contributed by atoms with Crippen molar-refractivity contribution in [2.24, 2.45) is 0 Å². The van der Waals surface area contributed by atoms with Crippen LogP contribution in [-0.4, -0.2) is 53.4 Å². The molecular formula is C31H30FN3O4. The van der Waals surface area contributed by atoms with Crippen molar-refractivity contribution in [3.8, 4) is 11.5 Å². The van der Waals surface area contributed by atoms with Gasteiger partial charge in [-0.15, -0.1) is 0 Å². The van der Waals surface area contributed by atoms with E-state index in [2.05, 4.69) is 4.98 Å². The molecule has 0 spiro atoms. The molecule has 0 unspecified atom stereocenters. The van der Waals surface area contributed by atoms with Crippen LogP contribution in [0.3, 0.4) is 0 Å². The number of halogens is 1. The Balaban J connectivity index is 1.52. The van der Waals surface area contributed by atoms with Gasteiger partial charge >= 0.3 is 0 Å². The molecule has 6 rings (SSSR count). The molecule has 1 saturated heterocycles. The second kappa shape index (κ2) is 9.45. The molecule has 2 atom stereocenters. The Bertz CT molecular complexity index is 1580. The molecule has 1 aromatic heterocycles. The van der Waals surface area contributed by atoms with E-state index in [9.17, 15) is 14.0 Å². The van der Waals surface area contributed by atoms with Gasteiger partial charge in [-0.3, -0.25) is 9.59 Å². The Morgan fingerprint density at radius 2 is 1.82 bits per heavy atom. The van der Waals surface area contributed by atoms with Gasteiger partial charge in [0.15, 0.2) is 17.0 Å². The fourth-order valence-corrected chi connectivity index (χ4v) is 6.16. The summed E-state index contributed by atoms with van der Waals surface area (Å²) < 4.78 is 25.2. The van der Waals surface area contributed by atoms with Crippen molar-refractivity contribution in [1.29, 1.82) is 0 Å². The summed E-state index contributed by atoms with van der Waals surface area (Å²) in [4.78, 5) is 34.8. The standard InChI is InChI=1S/C31H30FN3O4/c1-4-39-28-21(9-7-11-25(28)38-3)23-17-35-26(36)18-34(16-19-12-14-20(32)15-13-19)30(37)31(35,2)29-27(23)22-8-5-6-10-24(22)33-29/h5-15,23,33H,4,16-18H2,1-3H3/t23-,31-/m0/s1. The van der Waals surface area contributed by atoms with Crippen molar-refractivity contribution in [1.82, 2.24) is 14.8 Å². The molecule has 4 aromatic rings. The minimum atomic E-state index is -1.23. The van der Waals surface area contributed by atoms with Crippen LogP contribution in [0.5, 0.6) is 11.5 Å². The van der Waals surface area contributed by atoms with Gasteiger partial charge in [0.1, 0.15) is 12.4 Å². The smallest absolute Gasteiger partial charge is 0.255 e. The summed E-state index contributed by atoms with van der Waals surface area (Å²) in [7, 11) is 1.61. The Kier molecular flexibility index (Phi) is 6.05. The molecule has 0 bridgehead atoms. The minimum absolute atomic E-state index is 0.0511. The first-order valence-corrected chi connectivity index (χ1v) is 13.1. The van der Waals surface area contributed by atoms with Crippen LogP contribution in [-0.2, 0) is 21.7 Å². The fourth-order valence-electron chi connectivity index (χ4n) is 6.16. The molecule has 0 aliphatic carbocycles. The molecule has 2 amide bonds. The highest BCUT2D eigenvalue weighted by atomic mass is 19.1. The van der Waals surface area contributed by atoms with Gasteiger partial charge in [-0.1, -0.05) is 42.5 Å². The number of aromatic nitrogens is 1. The molecule has 7 nitrogen and oxygen atoms in total. The average molecular weight is 528 g/mol. The number of rotatable bonds is 6. The van der Waals surface area contributed by atoms with Gasteiger partial charge in [-0.05, 0) is 49.2 Å². The van der Waals surface area contributed by atoms with Gasteiger partial charge in [0.2, 0.25) is 5.91 Å². The van der Waals surface area contributed by atoms with Crippen LogP contribution in [0.25, 0.3) is 10.9 Å². The zero-order valence-corrected chi connectivity index (χ0v) is 22.2. The summed E-state index contributed by atoms with van der Waals surface area (Å²) in [6, 6.07) is 19.8. The van der Waals surface area contributed by atoms with E-state index in [1.807, 2.05) is 56.3 Å². The van der Waals surface area contributed by atoms with Crippen molar-refractivity contribution >= 4 is 22.7 Å². The highest BCUT2D eigenvalue weighted by Crippen LogP contribution is 2.50. The molecule has 3 heterocycles. The lowest BCUT2D eigenvalue weighted by Gasteiger charge is -2.51. The lowest BCUT2D eigenvalue weighted by atomic mass is 9.76. The molecule has 1 fully saturated rings. The number of carbonyl (C=O) groups is 2. The quantitative estimate of drug-likeness (QED) is 0.385. The fraction of sp³-hybridized carbons (Fsp3) is 0.290. The number of para-hydroxylation sites is 2. The number of piperazine rings is 1. The molecule has 0 saturated carbocycles. The number of carbonyl (C=O) groups excluding carboxylic acids is 2. The number of hydrogen-bond acceptors (Lipinski definition) is 4. The van der Waals surface area contributed by atoms with E-state index >= 15 is 0 Å². The largest absolute Gasteiger partial charge is 0.493 e. The van der Waals surface area contributed by atoms with Crippen LogP contribution < -0.4 is 9.47 Å². The lowest BCUT2D eigenvalue weighted by molar-refractivity contribution is -0.166. The Labute approximate surface area is 226 Å². The van der Waals surface area contributed by atoms with E-state index in [1.54, 1.807) is 29.0 Å². The second-order valence-electron chi connectivity index (χ2n) is 10.2. The molecule has 200 valence electrons. The van der Waals surface area contributed by atoms with E-state index in [-0.39, 0.29) is 36.6 Å². The average Bonchev–Trinajstić information content (AvgIpc) is 3.34. The molecule has 3 aromatic carbocycles. The highest BCUT2D eigenvalue weighted by molar-refractivity contribution is 6.01. The summed E-state index contributed by atoms with van der Waals surface area (Å²) in [5.41, 5.74) is 3.00. The normalized spacial score (nSPS) is 20.7. The summed E-state index contributed by atoms with van der Waals surface area (Å²) in [5.74, 6) is 0.351. The first-order chi connectivity index (χ1) is 18.9. The number of H-pyrrole nitrogens is 1. The van der Waals surface area contributed by atoms with Gasteiger partial charge in [-0.25, -0.2) is 4.39 Å². The first-order valence-electron chi connectivity index (χ1n) is 13.1. The maximum atomic E-state index is 14.2. The van der Waals surface area contributed by atoms with E-state index in [0.29, 0.717) is 30.3 Å². The Hall–Kier alpha value is -4.33. The van der Waals surface area contributed by atoms with Gasteiger partial charge in [0.05, 0.1) is 19.4 Å². The SMILES string of the molecule is CCOc1c(OC)cccc1[C@@H]1CN2C(=O)CN(Cc3ccc(F)cc3)C(=O)[C@]2(C)c2[nH]c3ccccc3c21. The molecule has 0 radical (unpaired) electrons. The highest BCUT2D eigenvalue weighted by Gasteiger charge is 2.56. The van der Waals surface area contributed by atoms with E-state index in [4.69, 9.17) is 9.47 Å². The maximum absolute atomic E-state index is 14.2. The third kappa shape index (κ3) is 3.85. The van der Waals surface area contributed by atoms with Crippen molar-refractivity contribution in [3.05, 3.63) is 94.9 Å². The topological polar surface area (TPSA) is 74.9 Å². The monoisotopic (exact) mass is 527 g/mol. The molecule has 2 aliphatic rings. The van der Waals surface area contributed by atoms with Crippen molar-refractivity contribution in [2.75, 3.05) is 26.8 Å². The Morgan fingerprint density at radius 3 is 2.56 bits per heavy atom. The van der Waals surface area contributed by atoms with Crippen LogP contribution in [0.1, 0.15) is 42.1 Å². The van der Waals surface area contributed by atoms with E-state index in [0.717, 1.165) is 27.6 Å². The molecule has 1 N–H and O–H groups in total. The number of aromatic amines is 1. The number of ether oxygens (including phenoxy) is 2. The first kappa shape index (κ1) is 25.0.